The zero-order chi connectivity index (χ0) is 25.4. The number of piperidine rings is 1. The number of aromatic nitrogens is 4. The van der Waals surface area contributed by atoms with E-state index in [-0.39, 0.29) is 23.7 Å². The van der Waals surface area contributed by atoms with Crippen LogP contribution in [0.25, 0.3) is 11.2 Å². The van der Waals surface area contributed by atoms with Gasteiger partial charge in [-0.1, -0.05) is 18.2 Å². The summed E-state index contributed by atoms with van der Waals surface area (Å²) in [7, 11) is 0. The number of alkyl halides is 3. The number of nitrogens with zero attached hydrogens (tertiary/aromatic N) is 5. The van der Waals surface area contributed by atoms with Gasteiger partial charge in [0.1, 0.15) is 11.3 Å². The molecule has 1 saturated heterocycles. The molecule has 0 amide bonds. The van der Waals surface area contributed by atoms with E-state index < -0.39 is 17.7 Å². The van der Waals surface area contributed by atoms with Gasteiger partial charge in [-0.2, -0.15) is 13.2 Å². The second-order valence-electron chi connectivity index (χ2n) is 8.88. The molecule has 1 aliphatic heterocycles. The zero-order valence-electron chi connectivity index (χ0n) is 19.5. The fourth-order valence-electron chi connectivity index (χ4n) is 5.03. The summed E-state index contributed by atoms with van der Waals surface area (Å²) >= 11 is 0. The van der Waals surface area contributed by atoms with Crippen LogP contribution in [0.2, 0.25) is 0 Å². The maximum Gasteiger partial charge on any atom is 0.435 e. The smallest absolute Gasteiger partial charge is 0.370 e. The quantitative estimate of drug-likeness (QED) is 0.368. The van der Waals surface area contributed by atoms with Crippen LogP contribution in [-0.4, -0.2) is 32.6 Å². The van der Waals surface area contributed by atoms with Crippen LogP contribution in [0.5, 0.6) is 0 Å². The van der Waals surface area contributed by atoms with Gasteiger partial charge in [0.15, 0.2) is 11.3 Å². The molecule has 1 fully saturated rings. The van der Waals surface area contributed by atoms with Crippen molar-refractivity contribution >= 4 is 16.9 Å². The Morgan fingerprint density at radius 3 is 2.42 bits per heavy atom. The molecule has 0 spiro atoms. The number of anilines is 1. The monoisotopic (exact) mass is 497 g/mol. The number of benzene rings is 1. The van der Waals surface area contributed by atoms with Crippen LogP contribution >= 0.6 is 0 Å². The summed E-state index contributed by atoms with van der Waals surface area (Å²) in [6, 6.07) is 9.16. The second kappa shape index (κ2) is 9.33. The first-order valence-corrected chi connectivity index (χ1v) is 11.6. The molecule has 6 nitrogen and oxygen atoms in total. The lowest BCUT2D eigenvalue weighted by Gasteiger charge is -2.35. The van der Waals surface area contributed by atoms with Crippen molar-refractivity contribution in [2.45, 2.75) is 38.4 Å². The minimum absolute atomic E-state index is 0.00253. The molecule has 0 atom stereocenters. The predicted molar refractivity (Wildman–Crippen MR) is 127 cm³/mol. The molecule has 1 aromatic carbocycles. The minimum atomic E-state index is -4.55. The predicted octanol–water partition coefficient (Wildman–Crippen LogP) is 5.09. The van der Waals surface area contributed by atoms with Crippen LogP contribution in [0.4, 0.5) is 23.2 Å². The highest BCUT2D eigenvalue weighted by atomic mass is 19.4. The normalized spacial score (nSPS) is 15.0. The third-order valence-electron chi connectivity index (χ3n) is 6.75. The Kier molecular flexibility index (Phi) is 6.19. The van der Waals surface area contributed by atoms with Gasteiger partial charge in [0.2, 0.25) is 0 Å². The van der Waals surface area contributed by atoms with E-state index in [0.29, 0.717) is 53.8 Å². The Balaban J connectivity index is 1.51. The van der Waals surface area contributed by atoms with Crippen molar-refractivity contribution in [1.29, 1.82) is 0 Å². The number of halogens is 4. The number of hydrogen-bond acceptors (Lipinski definition) is 5. The van der Waals surface area contributed by atoms with Gasteiger partial charge in [-0.3, -0.25) is 14.3 Å². The molecule has 1 aliphatic rings. The van der Waals surface area contributed by atoms with Gasteiger partial charge in [-0.25, -0.2) is 14.4 Å². The first-order chi connectivity index (χ1) is 17.3. The summed E-state index contributed by atoms with van der Waals surface area (Å²) in [6.45, 7) is 2.49. The molecule has 10 heteroatoms. The van der Waals surface area contributed by atoms with E-state index in [4.69, 9.17) is 0 Å². The van der Waals surface area contributed by atoms with E-state index in [1.807, 2.05) is 6.92 Å². The number of pyridine rings is 2. The molecule has 36 heavy (non-hydrogen) atoms. The number of fused-ring (bicyclic) bond motifs is 1. The molecule has 0 N–H and O–H groups in total. The molecule has 186 valence electrons. The number of hydrogen-bond donors (Lipinski definition) is 0. The summed E-state index contributed by atoms with van der Waals surface area (Å²) in [6.07, 6.45) is 0.573. The van der Waals surface area contributed by atoms with Gasteiger partial charge in [0.05, 0.1) is 12.2 Å². The topological polar surface area (TPSA) is 63.9 Å². The molecule has 0 radical (unpaired) electrons. The maximum atomic E-state index is 14.4. The van der Waals surface area contributed by atoms with Crippen molar-refractivity contribution in [3.05, 3.63) is 93.5 Å². The molecule has 0 unspecified atom stereocenters. The van der Waals surface area contributed by atoms with Crippen LogP contribution in [0.15, 0.2) is 59.8 Å². The maximum absolute atomic E-state index is 14.4. The van der Waals surface area contributed by atoms with E-state index >= 15 is 0 Å². The first kappa shape index (κ1) is 23.9. The van der Waals surface area contributed by atoms with Crippen molar-refractivity contribution in [2.75, 3.05) is 18.0 Å². The van der Waals surface area contributed by atoms with Gasteiger partial charge >= 0.3 is 6.18 Å². The molecule has 0 aliphatic carbocycles. The van der Waals surface area contributed by atoms with Crippen molar-refractivity contribution in [3.63, 3.8) is 0 Å². The lowest BCUT2D eigenvalue weighted by molar-refractivity contribution is -0.140. The summed E-state index contributed by atoms with van der Waals surface area (Å²) in [4.78, 5) is 27.8. The number of aryl methyl sites for hydroxylation is 1. The SMILES string of the molecule is Cc1c(C2CCN(c3cccnc3C(F)(F)F)CC2)c(=O)n(Cc2ccccc2F)c2nccnc12. The third-order valence-corrected chi connectivity index (χ3v) is 6.75. The summed E-state index contributed by atoms with van der Waals surface area (Å²) in [5, 5.41) is 0. The molecular formula is C26H23F4N5O. The third kappa shape index (κ3) is 4.31. The Morgan fingerprint density at radius 2 is 1.69 bits per heavy atom. The fraction of sp³-hybridized carbons (Fsp3) is 0.308. The Bertz CT molecular complexity index is 1480. The lowest BCUT2D eigenvalue weighted by atomic mass is 9.87. The van der Waals surface area contributed by atoms with Crippen molar-refractivity contribution < 1.29 is 17.6 Å². The van der Waals surface area contributed by atoms with Crippen LogP contribution in [-0.2, 0) is 12.7 Å². The molecule has 0 bridgehead atoms. The highest BCUT2D eigenvalue weighted by Gasteiger charge is 2.37. The van der Waals surface area contributed by atoms with Crippen LogP contribution in [0, 0.1) is 12.7 Å². The van der Waals surface area contributed by atoms with E-state index in [9.17, 15) is 22.4 Å². The van der Waals surface area contributed by atoms with Crippen LogP contribution < -0.4 is 10.5 Å². The van der Waals surface area contributed by atoms with Gasteiger partial charge in [-0.15, -0.1) is 0 Å². The van der Waals surface area contributed by atoms with Crippen molar-refractivity contribution in [3.8, 4) is 0 Å². The average molecular weight is 497 g/mol. The molecule has 4 aromatic rings. The van der Waals surface area contributed by atoms with Crippen molar-refractivity contribution in [2.24, 2.45) is 0 Å². The minimum Gasteiger partial charge on any atom is -0.370 e. The summed E-state index contributed by atoms with van der Waals surface area (Å²) < 4.78 is 56.3. The fourth-order valence-corrected chi connectivity index (χ4v) is 5.03. The second-order valence-corrected chi connectivity index (χ2v) is 8.88. The van der Waals surface area contributed by atoms with E-state index in [1.54, 1.807) is 29.3 Å². The lowest BCUT2D eigenvalue weighted by Crippen LogP contribution is -2.37. The number of rotatable bonds is 4. The Morgan fingerprint density at radius 1 is 0.972 bits per heavy atom. The molecular weight excluding hydrogens is 474 g/mol. The highest BCUT2D eigenvalue weighted by Crippen LogP contribution is 2.38. The van der Waals surface area contributed by atoms with Gasteiger partial charge in [0, 0.05) is 42.8 Å². The van der Waals surface area contributed by atoms with E-state index in [1.165, 1.54) is 29.0 Å². The standard InChI is InChI=1S/C26H23F4N5O/c1-16-21(17-8-13-34(14-9-17)20-7-4-10-32-23(20)26(28,29)30)25(36)35(24-22(16)31-11-12-33-24)15-18-5-2-3-6-19(18)27/h2-7,10-12,17H,8-9,13-15H2,1H3. The summed E-state index contributed by atoms with van der Waals surface area (Å²) in [5.41, 5.74) is 1.39. The van der Waals surface area contributed by atoms with Gasteiger partial charge in [0.25, 0.3) is 5.56 Å². The average Bonchev–Trinajstić information content (AvgIpc) is 2.87. The van der Waals surface area contributed by atoms with Gasteiger partial charge in [-0.05, 0) is 49.4 Å². The van der Waals surface area contributed by atoms with Crippen LogP contribution in [0.1, 0.15) is 41.1 Å². The Hall–Kier alpha value is -3.82. The van der Waals surface area contributed by atoms with Crippen molar-refractivity contribution in [1.82, 2.24) is 19.5 Å². The molecule has 0 saturated carbocycles. The van der Waals surface area contributed by atoms with E-state index in [0.717, 1.165) is 6.20 Å². The highest BCUT2D eigenvalue weighted by molar-refractivity contribution is 5.75. The Labute approximate surface area is 204 Å². The van der Waals surface area contributed by atoms with Gasteiger partial charge < -0.3 is 4.90 Å². The van der Waals surface area contributed by atoms with Crippen LogP contribution in [0.3, 0.4) is 0 Å². The molecule has 3 aromatic heterocycles. The zero-order valence-corrected chi connectivity index (χ0v) is 19.5. The van der Waals surface area contributed by atoms with E-state index in [2.05, 4.69) is 15.0 Å². The summed E-state index contributed by atoms with van der Waals surface area (Å²) in [5.74, 6) is -0.605. The molecule has 5 rings (SSSR count). The molecule has 4 heterocycles. The first-order valence-electron chi connectivity index (χ1n) is 11.6. The largest absolute Gasteiger partial charge is 0.435 e.